The molecule has 0 radical (unpaired) electrons. The molecule has 11 nitrogen and oxygen atoms in total. The summed E-state index contributed by atoms with van der Waals surface area (Å²) in [7, 11) is 0. The third kappa shape index (κ3) is 6.00. The van der Waals surface area contributed by atoms with Gasteiger partial charge >= 0.3 is 0 Å². The van der Waals surface area contributed by atoms with Gasteiger partial charge in [-0.3, -0.25) is 4.79 Å². The number of thioether (sulfide) groups is 1. The zero-order valence-corrected chi connectivity index (χ0v) is 20.0. The fraction of sp³-hybridized carbons (Fsp3) is 0.455. The van der Waals surface area contributed by atoms with Crippen molar-refractivity contribution in [2.24, 2.45) is 0 Å². The van der Waals surface area contributed by atoms with Crippen molar-refractivity contribution in [3.63, 3.8) is 0 Å². The topological polar surface area (TPSA) is 117 Å². The Morgan fingerprint density at radius 2 is 1.97 bits per heavy atom. The first-order valence-electron chi connectivity index (χ1n) is 11.2. The van der Waals surface area contributed by atoms with E-state index in [9.17, 15) is 4.79 Å². The second-order valence-corrected chi connectivity index (χ2v) is 8.26. The van der Waals surface area contributed by atoms with Crippen LogP contribution in [0.1, 0.15) is 19.6 Å². The Kier molecular flexibility index (Phi) is 8.26. The van der Waals surface area contributed by atoms with Crippen LogP contribution in [0.25, 0.3) is 0 Å². The molecule has 0 bridgehead atoms. The summed E-state index contributed by atoms with van der Waals surface area (Å²) < 4.78 is 24.2. The van der Waals surface area contributed by atoms with Crippen LogP contribution in [0.2, 0.25) is 0 Å². The highest BCUT2D eigenvalue weighted by Crippen LogP contribution is 2.39. The molecule has 12 heteroatoms. The first-order valence-corrected chi connectivity index (χ1v) is 12.1. The van der Waals surface area contributed by atoms with E-state index in [4.69, 9.17) is 18.6 Å². The van der Waals surface area contributed by atoms with Gasteiger partial charge < -0.3 is 28.8 Å². The number of ether oxygens (including phenoxy) is 3. The summed E-state index contributed by atoms with van der Waals surface area (Å²) in [5.74, 6) is 1.93. The van der Waals surface area contributed by atoms with Crippen LogP contribution >= 0.6 is 11.8 Å². The molecule has 1 N–H and O–H groups in total. The number of morpholine rings is 1. The quantitative estimate of drug-likeness (QED) is 0.404. The van der Waals surface area contributed by atoms with E-state index in [2.05, 4.69) is 25.7 Å². The zero-order valence-electron chi connectivity index (χ0n) is 19.2. The Hall–Kier alpha value is -3.25. The Bertz CT molecular complexity index is 1070. The van der Waals surface area contributed by atoms with E-state index in [1.54, 1.807) is 17.0 Å². The maximum atomic E-state index is 12.8. The lowest BCUT2D eigenvalue weighted by Gasteiger charge is -2.31. The van der Waals surface area contributed by atoms with E-state index in [1.807, 2.05) is 32.0 Å². The summed E-state index contributed by atoms with van der Waals surface area (Å²) in [4.78, 5) is 15.0. The Morgan fingerprint density at radius 3 is 2.71 bits per heavy atom. The minimum Gasteiger partial charge on any atom is -0.492 e. The van der Waals surface area contributed by atoms with Gasteiger partial charge in [0.15, 0.2) is 0 Å². The molecule has 0 aliphatic carbocycles. The molecule has 0 saturated carbocycles. The lowest BCUT2D eigenvalue weighted by Crippen LogP contribution is -2.36. The number of rotatable bonds is 11. The SMILES string of the molecule is CCOc1cc(N2CCOCC2)c(OCC)cc1NC(=O)CSc1nnnn1Cc1ccco1. The van der Waals surface area contributed by atoms with Crippen LogP contribution in [-0.2, 0) is 16.1 Å². The molecule has 1 aliphatic heterocycles. The van der Waals surface area contributed by atoms with Crippen molar-refractivity contribution >= 4 is 29.0 Å². The summed E-state index contributed by atoms with van der Waals surface area (Å²) in [6.45, 7) is 8.05. The molecule has 1 aromatic carbocycles. The van der Waals surface area contributed by atoms with Crippen molar-refractivity contribution in [3.05, 3.63) is 36.3 Å². The summed E-state index contributed by atoms with van der Waals surface area (Å²) in [5.41, 5.74) is 1.49. The first-order chi connectivity index (χ1) is 16.7. The third-order valence-corrected chi connectivity index (χ3v) is 5.96. The van der Waals surface area contributed by atoms with E-state index < -0.39 is 0 Å². The maximum absolute atomic E-state index is 12.8. The van der Waals surface area contributed by atoms with Crippen molar-refractivity contribution in [3.8, 4) is 11.5 Å². The fourth-order valence-corrected chi connectivity index (χ4v) is 4.19. The molecule has 4 rings (SSSR count). The van der Waals surface area contributed by atoms with Gasteiger partial charge in [-0.2, -0.15) is 0 Å². The van der Waals surface area contributed by atoms with E-state index in [0.717, 1.165) is 24.5 Å². The number of amides is 1. The Balaban J connectivity index is 1.46. The molecular formula is C22H28N6O5S. The molecule has 1 saturated heterocycles. The van der Waals surface area contributed by atoms with Gasteiger partial charge in [-0.15, -0.1) is 5.10 Å². The summed E-state index contributed by atoms with van der Waals surface area (Å²) >= 11 is 1.24. The van der Waals surface area contributed by atoms with Gasteiger partial charge in [0.25, 0.3) is 0 Å². The van der Waals surface area contributed by atoms with Crippen LogP contribution in [0.3, 0.4) is 0 Å². The van der Waals surface area contributed by atoms with Gasteiger partial charge in [-0.25, -0.2) is 4.68 Å². The van der Waals surface area contributed by atoms with E-state index in [0.29, 0.717) is 55.3 Å². The molecule has 1 fully saturated rings. The van der Waals surface area contributed by atoms with Crippen LogP contribution in [0.15, 0.2) is 40.1 Å². The average molecular weight is 489 g/mol. The number of hydrogen-bond donors (Lipinski definition) is 1. The van der Waals surface area contributed by atoms with Crippen molar-refractivity contribution in [1.29, 1.82) is 0 Å². The van der Waals surface area contributed by atoms with E-state index >= 15 is 0 Å². The summed E-state index contributed by atoms with van der Waals surface area (Å²) in [5, 5.41) is 15.2. The van der Waals surface area contributed by atoms with Crippen molar-refractivity contribution in [1.82, 2.24) is 20.2 Å². The number of carbonyl (C=O) groups excluding carboxylic acids is 1. The van der Waals surface area contributed by atoms with Gasteiger partial charge in [-0.1, -0.05) is 11.8 Å². The molecule has 3 aromatic rings. The molecule has 2 aromatic heterocycles. The average Bonchev–Trinajstić information content (AvgIpc) is 3.52. The smallest absolute Gasteiger partial charge is 0.234 e. The zero-order chi connectivity index (χ0) is 23.8. The molecule has 1 amide bonds. The molecular weight excluding hydrogens is 460 g/mol. The van der Waals surface area contributed by atoms with Crippen LogP contribution < -0.4 is 19.7 Å². The van der Waals surface area contributed by atoms with Gasteiger partial charge in [0.2, 0.25) is 11.1 Å². The van der Waals surface area contributed by atoms with Gasteiger partial charge in [0, 0.05) is 25.2 Å². The first kappa shape index (κ1) is 23.9. The lowest BCUT2D eigenvalue weighted by molar-refractivity contribution is -0.113. The molecule has 0 atom stereocenters. The van der Waals surface area contributed by atoms with Crippen molar-refractivity contribution in [2.45, 2.75) is 25.5 Å². The Labute approximate surface area is 201 Å². The number of tetrazole rings is 1. The van der Waals surface area contributed by atoms with Crippen LogP contribution in [0.4, 0.5) is 11.4 Å². The number of hydrogen-bond acceptors (Lipinski definition) is 10. The molecule has 0 spiro atoms. The van der Waals surface area contributed by atoms with E-state index in [-0.39, 0.29) is 11.7 Å². The van der Waals surface area contributed by atoms with Crippen LogP contribution in [0, 0.1) is 0 Å². The highest BCUT2D eigenvalue weighted by molar-refractivity contribution is 7.99. The number of anilines is 2. The van der Waals surface area contributed by atoms with Gasteiger partial charge in [0.05, 0.1) is 49.8 Å². The number of nitrogens with one attached hydrogen (secondary N) is 1. The highest BCUT2D eigenvalue weighted by atomic mass is 32.2. The predicted octanol–water partition coefficient (Wildman–Crippen LogP) is 2.68. The second-order valence-electron chi connectivity index (χ2n) is 7.32. The standard InChI is InChI=1S/C22H28N6O5S/c1-3-31-19-13-18(27-7-10-30-11-8-27)20(32-4-2)12-17(19)23-21(29)15-34-22-24-25-26-28(22)14-16-6-5-9-33-16/h5-6,9,12-13H,3-4,7-8,10-11,14-15H2,1-2H3,(H,23,29). The molecule has 1 aliphatic rings. The number of carbonyl (C=O) groups is 1. The molecule has 3 heterocycles. The number of aromatic nitrogens is 4. The monoisotopic (exact) mass is 488 g/mol. The minimum absolute atomic E-state index is 0.124. The number of nitrogens with zero attached hydrogens (tertiary/aromatic N) is 5. The molecule has 0 unspecified atom stereocenters. The van der Waals surface area contributed by atoms with Gasteiger partial charge in [-0.05, 0) is 36.4 Å². The Morgan fingerprint density at radius 1 is 1.18 bits per heavy atom. The highest BCUT2D eigenvalue weighted by Gasteiger charge is 2.21. The van der Waals surface area contributed by atoms with Gasteiger partial charge in [0.1, 0.15) is 23.8 Å². The minimum atomic E-state index is -0.208. The molecule has 34 heavy (non-hydrogen) atoms. The lowest BCUT2D eigenvalue weighted by atomic mass is 10.2. The number of benzene rings is 1. The largest absolute Gasteiger partial charge is 0.492 e. The van der Waals surface area contributed by atoms with Crippen LogP contribution in [-0.4, -0.2) is 71.4 Å². The number of furan rings is 1. The predicted molar refractivity (Wildman–Crippen MR) is 127 cm³/mol. The second kappa shape index (κ2) is 11.7. The normalized spacial score (nSPS) is 13.6. The molecule has 182 valence electrons. The summed E-state index contributed by atoms with van der Waals surface area (Å²) in [6.07, 6.45) is 1.59. The van der Waals surface area contributed by atoms with Crippen molar-refractivity contribution in [2.75, 3.05) is 55.5 Å². The summed E-state index contributed by atoms with van der Waals surface area (Å²) in [6, 6.07) is 7.39. The fourth-order valence-electron chi connectivity index (χ4n) is 3.51. The third-order valence-electron chi connectivity index (χ3n) is 5.00. The maximum Gasteiger partial charge on any atom is 0.234 e. The van der Waals surface area contributed by atoms with Crippen LogP contribution in [0.5, 0.6) is 11.5 Å². The van der Waals surface area contributed by atoms with Crippen molar-refractivity contribution < 1.29 is 23.4 Å². The van der Waals surface area contributed by atoms with E-state index in [1.165, 1.54) is 11.8 Å².